The molecule has 0 saturated carbocycles. The van der Waals surface area contributed by atoms with E-state index in [1.165, 1.54) is 0 Å². The standard InChI is InChI=1S/C28H31N3O4/c32-20-21-10-12-23(13-11-21)27(33)29-16-19-31-17-14-24(15-18-31)35-28(34)30-26-9-5-4-8-25(26)22-6-2-1-3-7-22/h1-4,6-8,10-13,20,24H,5,9,14-19H2,(H,29,33)(H,30,34). The molecule has 1 aliphatic carbocycles. The van der Waals surface area contributed by atoms with E-state index in [-0.39, 0.29) is 12.0 Å². The first kappa shape index (κ1) is 24.4. The number of hydrogen-bond acceptors (Lipinski definition) is 5. The molecule has 35 heavy (non-hydrogen) atoms. The van der Waals surface area contributed by atoms with Crippen LogP contribution in [0.4, 0.5) is 4.79 Å². The Morgan fingerprint density at radius 1 is 1.03 bits per heavy atom. The van der Waals surface area contributed by atoms with Gasteiger partial charge in [-0.1, -0.05) is 54.6 Å². The Kier molecular flexibility index (Phi) is 8.46. The normalized spacial score (nSPS) is 16.6. The Hall–Kier alpha value is -3.71. The van der Waals surface area contributed by atoms with Gasteiger partial charge in [-0.25, -0.2) is 4.79 Å². The van der Waals surface area contributed by atoms with Crippen molar-refractivity contribution in [3.05, 3.63) is 89.1 Å². The SMILES string of the molecule is O=Cc1ccc(C(=O)NCCN2CCC(OC(=O)NC3=C(c4ccccc4)C=CCC3)CC2)cc1. The number of amides is 2. The van der Waals surface area contributed by atoms with Gasteiger partial charge in [0, 0.05) is 48.6 Å². The van der Waals surface area contributed by atoms with E-state index < -0.39 is 6.09 Å². The molecule has 0 aromatic heterocycles. The maximum absolute atomic E-state index is 12.6. The van der Waals surface area contributed by atoms with Crippen LogP contribution in [0.15, 0.2) is 72.4 Å². The predicted octanol–water partition coefficient (Wildman–Crippen LogP) is 4.18. The van der Waals surface area contributed by atoms with Crippen LogP contribution in [0.25, 0.3) is 5.57 Å². The van der Waals surface area contributed by atoms with Crippen molar-refractivity contribution in [2.24, 2.45) is 0 Å². The molecule has 0 unspecified atom stereocenters. The third kappa shape index (κ3) is 6.90. The number of ether oxygens (including phenoxy) is 1. The fourth-order valence-electron chi connectivity index (χ4n) is 4.38. The minimum absolute atomic E-state index is 0.114. The lowest BCUT2D eigenvalue weighted by molar-refractivity contribution is 0.0520. The van der Waals surface area contributed by atoms with Gasteiger partial charge in [-0.05, 0) is 43.4 Å². The van der Waals surface area contributed by atoms with Gasteiger partial charge in [0.1, 0.15) is 12.4 Å². The fraction of sp³-hybridized carbons (Fsp3) is 0.321. The van der Waals surface area contributed by atoms with Crippen LogP contribution in [0.5, 0.6) is 0 Å². The third-order valence-corrected chi connectivity index (χ3v) is 6.34. The first-order valence-electron chi connectivity index (χ1n) is 12.1. The monoisotopic (exact) mass is 473 g/mol. The second-order valence-electron chi connectivity index (χ2n) is 8.77. The molecule has 4 rings (SSSR count). The van der Waals surface area contributed by atoms with Gasteiger partial charge in [-0.2, -0.15) is 0 Å². The summed E-state index contributed by atoms with van der Waals surface area (Å²) in [5, 5.41) is 5.90. The van der Waals surface area contributed by atoms with E-state index in [4.69, 9.17) is 4.74 Å². The van der Waals surface area contributed by atoms with E-state index in [1.807, 2.05) is 30.3 Å². The summed E-state index contributed by atoms with van der Waals surface area (Å²) in [6.07, 6.45) is 7.63. The fourth-order valence-corrected chi connectivity index (χ4v) is 4.38. The van der Waals surface area contributed by atoms with Gasteiger partial charge in [0.05, 0.1) is 0 Å². The van der Waals surface area contributed by atoms with E-state index in [9.17, 15) is 14.4 Å². The van der Waals surface area contributed by atoms with E-state index in [2.05, 4.69) is 27.7 Å². The summed E-state index contributed by atoms with van der Waals surface area (Å²) in [6.45, 7) is 2.88. The van der Waals surface area contributed by atoms with Gasteiger partial charge in [-0.15, -0.1) is 0 Å². The molecule has 1 heterocycles. The second-order valence-corrected chi connectivity index (χ2v) is 8.77. The molecule has 2 N–H and O–H groups in total. The lowest BCUT2D eigenvalue weighted by atomic mass is 9.97. The van der Waals surface area contributed by atoms with Crippen molar-refractivity contribution in [3.8, 4) is 0 Å². The molecule has 0 radical (unpaired) electrons. The maximum atomic E-state index is 12.6. The number of nitrogens with one attached hydrogen (secondary N) is 2. The molecule has 0 atom stereocenters. The van der Waals surface area contributed by atoms with Crippen LogP contribution in [0.3, 0.4) is 0 Å². The Morgan fingerprint density at radius 2 is 1.77 bits per heavy atom. The molecule has 1 aliphatic heterocycles. The van der Waals surface area contributed by atoms with Crippen molar-refractivity contribution >= 4 is 23.9 Å². The van der Waals surface area contributed by atoms with Crippen molar-refractivity contribution in [2.75, 3.05) is 26.2 Å². The molecule has 2 aromatic carbocycles. The number of likely N-dealkylation sites (tertiary alicyclic amines) is 1. The second kappa shape index (κ2) is 12.1. The number of alkyl carbamates (subject to hydrolysis) is 1. The third-order valence-electron chi connectivity index (χ3n) is 6.34. The summed E-state index contributed by atoms with van der Waals surface area (Å²) < 4.78 is 5.72. The number of rotatable bonds is 8. The quantitative estimate of drug-likeness (QED) is 0.562. The summed E-state index contributed by atoms with van der Waals surface area (Å²) in [5.74, 6) is -0.154. The molecule has 182 valence electrons. The van der Waals surface area contributed by atoms with Gasteiger partial charge in [0.25, 0.3) is 5.91 Å². The largest absolute Gasteiger partial charge is 0.446 e. The average Bonchev–Trinajstić information content (AvgIpc) is 2.90. The summed E-state index contributed by atoms with van der Waals surface area (Å²) in [5.41, 5.74) is 4.09. The van der Waals surface area contributed by atoms with E-state index in [1.54, 1.807) is 24.3 Å². The highest BCUT2D eigenvalue weighted by Gasteiger charge is 2.23. The van der Waals surface area contributed by atoms with Gasteiger partial charge < -0.3 is 15.0 Å². The van der Waals surface area contributed by atoms with Crippen molar-refractivity contribution in [1.29, 1.82) is 0 Å². The highest BCUT2D eigenvalue weighted by atomic mass is 16.6. The number of hydrogen-bond donors (Lipinski definition) is 2. The van der Waals surface area contributed by atoms with Crippen LogP contribution >= 0.6 is 0 Å². The van der Waals surface area contributed by atoms with Crippen molar-refractivity contribution in [3.63, 3.8) is 0 Å². The smallest absolute Gasteiger partial charge is 0.411 e. The predicted molar refractivity (Wildman–Crippen MR) is 135 cm³/mol. The molecule has 2 aromatic rings. The molecule has 0 bridgehead atoms. The molecule has 7 heteroatoms. The zero-order chi connectivity index (χ0) is 24.5. The van der Waals surface area contributed by atoms with Crippen molar-refractivity contribution < 1.29 is 19.1 Å². The molecule has 1 saturated heterocycles. The number of nitrogens with zero attached hydrogens (tertiary/aromatic N) is 1. The Balaban J connectivity index is 1.19. The van der Waals surface area contributed by atoms with E-state index in [0.29, 0.717) is 17.7 Å². The highest BCUT2D eigenvalue weighted by molar-refractivity contribution is 5.94. The van der Waals surface area contributed by atoms with Gasteiger partial charge in [0.15, 0.2) is 0 Å². The highest BCUT2D eigenvalue weighted by Crippen LogP contribution is 2.26. The molecule has 2 amide bonds. The Morgan fingerprint density at radius 3 is 2.49 bits per heavy atom. The lowest BCUT2D eigenvalue weighted by Gasteiger charge is -2.31. The van der Waals surface area contributed by atoms with Crippen LogP contribution in [0.1, 0.15) is 52.0 Å². The molecule has 1 fully saturated rings. The van der Waals surface area contributed by atoms with Gasteiger partial charge in [0.2, 0.25) is 0 Å². The molecule has 7 nitrogen and oxygen atoms in total. The zero-order valence-electron chi connectivity index (χ0n) is 19.7. The summed E-state index contributed by atoms with van der Waals surface area (Å²) in [4.78, 5) is 37.8. The van der Waals surface area contributed by atoms with Crippen LogP contribution in [0, 0.1) is 0 Å². The van der Waals surface area contributed by atoms with Gasteiger partial charge >= 0.3 is 6.09 Å². The van der Waals surface area contributed by atoms with Gasteiger partial charge in [-0.3, -0.25) is 14.9 Å². The van der Waals surface area contributed by atoms with Crippen LogP contribution in [-0.4, -0.2) is 55.5 Å². The molecule has 2 aliphatic rings. The van der Waals surface area contributed by atoms with Crippen LogP contribution < -0.4 is 10.6 Å². The zero-order valence-corrected chi connectivity index (χ0v) is 19.7. The topological polar surface area (TPSA) is 87.7 Å². The maximum Gasteiger partial charge on any atom is 0.411 e. The number of aldehydes is 1. The molecular weight excluding hydrogens is 442 g/mol. The van der Waals surface area contributed by atoms with E-state index >= 15 is 0 Å². The number of carbonyl (C=O) groups is 3. The first-order valence-corrected chi connectivity index (χ1v) is 12.1. The minimum Gasteiger partial charge on any atom is -0.446 e. The molecular formula is C28H31N3O4. The van der Waals surface area contributed by atoms with Crippen LogP contribution in [0.2, 0.25) is 0 Å². The number of allylic oxidation sites excluding steroid dienone is 4. The first-order chi connectivity index (χ1) is 17.1. The van der Waals surface area contributed by atoms with Crippen LogP contribution in [-0.2, 0) is 4.74 Å². The van der Waals surface area contributed by atoms with E-state index in [0.717, 1.165) is 68.4 Å². The van der Waals surface area contributed by atoms with Crippen molar-refractivity contribution in [2.45, 2.75) is 31.8 Å². The number of carbonyl (C=O) groups excluding carboxylic acids is 3. The van der Waals surface area contributed by atoms with Crippen molar-refractivity contribution in [1.82, 2.24) is 15.5 Å². The Labute approximate surface area is 205 Å². The average molecular weight is 474 g/mol. The minimum atomic E-state index is -0.393. The number of piperidine rings is 1. The summed E-state index contributed by atoms with van der Waals surface area (Å²) in [7, 11) is 0. The Bertz CT molecular complexity index is 1080. The summed E-state index contributed by atoms with van der Waals surface area (Å²) >= 11 is 0. The number of benzene rings is 2. The summed E-state index contributed by atoms with van der Waals surface area (Å²) in [6, 6.07) is 16.6. The lowest BCUT2D eigenvalue weighted by Crippen LogP contribution is -2.42. The molecule has 0 spiro atoms.